The lowest BCUT2D eigenvalue weighted by molar-refractivity contribution is -0.143. The van der Waals surface area contributed by atoms with Crippen LogP contribution < -0.4 is 0 Å². The first-order valence-electron chi connectivity index (χ1n) is 7.93. The van der Waals surface area contributed by atoms with Crippen molar-refractivity contribution in [1.82, 2.24) is 9.47 Å². The van der Waals surface area contributed by atoms with Crippen LogP contribution in [-0.2, 0) is 16.6 Å². The normalized spacial score (nSPS) is 20.4. The fourth-order valence-electron chi connectivity index (χ4n) is 2.90. The van der Waals surface area contributed by atoms with Gasteiger partial charge in [-0.05, 0) is 45.7 Å². The van der Waals surface area contributed by atoms with Crippen molar-refractivity contribution < 1.29 is 9.53 Å². The largest absolute Gasteiger partial charge is 0.366 e. The molecule has 1 aromatic heterocycles. The van der Waals surface area contributed by atoms with Gasteiger partial charge in [-0.25, -0.2) is 0 Å². The molecule has 0 aromatic carbocycles. The Hall–Kier alpha value is -1.29. The SMILES string of the molecule is Cn1cccc1C1CCCCCN1C(=O)COC(C)(C)C. The van der Waals surface area contributed by atoms with E-state index in [-0.39, 0.29) is 24.2 Å². The van der Waals surface area contributed by atoms with Crippen LogP contribution in [0.1, 0.15) is 58.2 Å². The van der Waals surface area contributed by atoms with Gasteiger partial charge in [0.05, 0.1) is 11.6 Å². The van der Waals surface area contributed by atoms with E-state index in [0.29, 0.717) is 0 Å². The van der Waals surface area contributed by atoms with Crippen molar-refractivity contribution >= 4 is 5.91 Å². The Bertz CT molecular complexity index is 473. The number of carbonyl (C=O) groups is 1. The lowest BCUT2D eigenvalue weighted by Gasteiger charge is -2.31. The number of hydrogen-bond donors (Lipinski definition) is 0. The standard InChI is InChI=1S/C17H28N2O2/c1-17(2,3)21-13-16(20)19-12-7-5-6-9-15(19)14-10-8-11-18(14)4/h8,10-11,15H,5-7,9,12-13H2,1-4H3. The lowest BCUT2D eigenvalue weighted by Crippen LogP contribution is -2.39. The zero-order valence-electron chi connectivity index (χ0n) is 13.8. The molecule has 1 saturated heterocycles. The summed E-state index contributed by atoms with van der Waals surface area (Å²) in [5, 5.41) is 0. The van der Waals surface area contributed by atoms with Gasteiger partial charge in [-0.1, -0.05) is 12.8 Å². The van der Waals surface area contributed by atoms with Gasteiger partial charge < -0.3 is 14.2 Å². The first-order valence-corrected chi connectivity index (χ1v) is 7.93. The van der Waals surface area contributed by atoms with Crippen LogP contribution in [0.25, 0.3) is 0 Å². The van der Waals surface area contributed by atoms with Gasteiger partial charge in [0.1, 0.15) is 6.61 Å². The summed E-state index contributed by atoms with van der Waals surface area (Å²) in [7, 11) is 2.05. The van der Waals surface area contributed by atoms with Crippen LogP contribution in [-0.4, -0.2) is 34.1 Å². The summed E-state index contributed by atoms with van der Waals surface area (Å²) in [5.41, 5.74) is 0.947. The van der Waals surface area contributed by atoms with E-state index in [0.717, 1.165) is 19.4 Å². The van der Waals surface area contributed by atoms with E-state index in [1.807, 2.05) is 25.7 Å². The van der Waals surface area contributed by atoms with Crippen molar-refractivity contribution in [3.63, 3.8) is 0 Å². The van der Waals surface area contributed by atoms with Crippen molar-refractivity contribution in [1.29, 1.82) is 0 Å². The number of carbonyl (C=O) groups excluding carboxylic acids is 1. The van der Waals surface area contributed by atoms with Crippen LogP contribution in [0.15, 0.2) is 18.3 Å². The molecule has 1 amide bonds. The molecule has 0 spiro atoms. The first kappa shape index (κ1) is 16.1. The maximum atomic E-state index is 12.6. The highest BCUT2D eigenvalue weighted by atomic mass is 16.5. The molecule has 1 atom stereocenters. The summed E-state index contributed by atoms with van der Waals surface area (Å²) in [6.07, 6.45) is 6.56. The summed E-state index contributed by atoms with van der Waals surface area (Å²) in [6.45, 7) is 6.96. The molecule has 0 saturated carbocycles. The van der Waals surface area contributed by atoms with E-state index < -0.39 is 0 Å². The van der Waals surface area contributed by atoms with Gasteiger partial charge in [0.15, 0.2) is 0 Å². The van der Waals surface area contributed by atoms with Crippen molar-refractivity contribution in [2.75, 3.05) is 13.2 Å². The van der Waals surface area contributed by atoms with E-state index >= 15 is 0 Å². The minimum absolute atomic E-state index is 0.109. The Morgan fingerprint density at radius 1 is 1.33 bits per heavy atom. The minimum atomic E-state index is -0.276. The van der Waals surface area contributed by atoms with Crippen molar-refractivity contribution in [2.45, 2.75) is 58.1 Å². The third kappa shape index (κ3) is 4.34. The number of hydrogen-bond acceptors (Lipinski definition) is 2. The fourth-order valence-corrected chi connectivity index (χ4v) is 2.90. The van der Waals surface area contributed by atoms with Crippen molar-refractivity contribution in [3.8, 4) is 0 Å². The summed E-state index contributed by atoms with van der Waals surface area (Å²) in [4.78, 5) is 14.6. The van der Waals surface area contributed by atoms with Gasteiger partial charge in [0, 0.05) is 25.5 Å². The van der Waals surface area contributed by atoms with Gasteiger partial charge in [0.2, 0.25) is 5.91 Å². The molecule has 1 aliphatic heterocycles. The zero-order chi connectivity index (χ0) is 15.5. The van der Waals surface area contributed by atoms with Crippen LogP contribution in [0, 0.1) is 0 Å². The summed E-state index contributed by atoms with van der Waals surface area (Å²) in [5.74, 6) is 0.109. The maximum absolute atomic E-state index is 12.6. The summed E-state index contributed by atoms with van der Waals surface area (Å²) >= 11 is 0. The molecule has 0 bridgehead atoms. The van der Waals surface area contributed by atoms with Gasteiger partial charge in [-0.15, -0.1) is 0 Å². The van der Waals surface area contributed by atoms with Gasteiger partial charge >= 0.3 is 0 Å². The van der Waals surface area contributed by atoms with Gasteiger partial charge in [-0.3, -0.25) is 4.79 Å². The zero-order valence-corrected chi connectivity index (χ0v) is 13.8. The second-order valence-corrected chi connectivity index (χ2v) is 6.90. The summed E-state index contributed by atoms with van der Waals surface area (Å²) in [6, 6.07) is 4.36. The Balaban J connectivity index is 2.12. The second-order valence-electron chi connectivity index (χ2n) is 6.90. The minimum Gasteiger partial charge on any atom is -0.366 e. The number of rotatable bonds is 3. The van der Waals surface area contributed by atoms with E-state index in [1.54, 1.807) is 0 Å². The molecule has 4 heteroatoms. The smallest absolute Gasteiger partial charge is 0.249 e. The van der Waals surface area contributed by atoms with E-state index in [9.17, 15) is 4.79 Å². The Morgan fingerprint density at radius 3 is 2.71 bits per heavy atom. The van der Waals surface area contributed by atoms with E-state index in [4.69, 9.17) is 4.74 Å². The predicted molar refractivity (Wildman–Crippen MR) is 84.0 cm³/mol. The highest BCUT2D eigenvalue weighted by molar-refractivity contribution is 5.78. The molecular weight excluding hydrogens is 264 g/mol. The van der Waals surface area contributed by atoms with E-state index in [2.05, 4.69) is 29.9 Å². The second kappa shape index (κ2) is 6.65. The molecule has 4 nitrogen and oxygen atoms in total. The molecule has 21 heavy (non-hydrogen) atoms. The third-order valence-corrected chi connectivity index (χ3v) is 4.03. The lowest BCUT2D eigenvalue weighted by atomic mass is 10.1. The average Bonchev–Trinajstić information content (AvgIpc) is 2.69. The van der Waals surface area contributed by atoms with Crippen molar-refractivity contribution in [3.05, 3.63) is 24.0 Å². The highest BCUT2D eigenvalue weighted by Gasteiger charge is 2.28. The number of aryl methyl sites for hydroxylation is 1. The average molecular weight is 292 g/mol. The topological polar surface area (TPSA) is 34.5 Å². The fraction of sp³-hybridized carbons (Fsp3) is 0.706. The number of aromatic nitrogens is 1. The van der Waals surface area contributed by atoms with Crippen LogP contribution in [0.4, 0.5) is 0 Å². The molecule has 2 rings (SSSR count). The number of ether oxygens (including phenoxy) is 1. The van der Waals surface area contributed by atoms with Gasteiger partial charge in [0.25, 0.3) is 0 Å². The number of likely N-dealkylation sites (tertiary alicyclic amines) is 1. The predicted octanol–water partition coefficient (Wildman–Crippen LogP) is 3.28. The van der Waals surface area contributed by atoms with Gasteiger partial charge in [-0.2, -0.15) is 0 Å². The molecule has 118 valence electrons. The molecule has 0 N–H and O–H groups in total. The maximum Gasteiger partial charge on any atom is 0.249 e. The Morgan fingerprint density at radius 2 is 2.10 bits per heavy atom. The van der Waals surface area contributed by atoms with Crippen LogP contribution >= 0.6 is 0 Å². The monoisotopic (exact) mass is 292 g/mol. The van der Waals surface area contributed by atoms with Crippen LogP contribution in [0.3, 0.4) is 0 Å². The van der Waals surface area contributed by atoms with Crippen molar-refractivity contribution in [2.24, 2.45) is 7.05 Å². The molecule has 0 aliphatic carbocycles. The molecule has 1 aliphatic rings. The number of nitrogens with zero attached hydrogens (tertiary/aromatic N) is 2. The Kier molecular flexibility index (Phi) is 5.09. The molecule has 1 aromatic rings. The van der Waals surface area contributed by atoms with Crippen LogP contribution in [0.5, 0.6) is 0 Å². The number of amides is 1. The Labute approximate surface area is 128 Å². The third-order valence-electron chi connectivity index (χ3n) is 4.03. The molecule has 1 fully saturated rings. The quantitative estimate of drug-likeness (QED) is 0.857. The molecule has 1 unspecified atom stereocenters. The van der Waals surface area contributed by atoms with E-state index in [1.165, 1.54) is 18.5 Å². The summed E-state index contributed by atoms with van der Waals surface area (Å²) < 4.78 is 7.81. The first-order chi connectivity index (χ1) is 9.88. The molecular formula is C17H28N2O2. The van der Waals surface area contributed by atoms with Crippen LogP contribution in [0.2, 0.25) is 0 Å². The highest BCUT2D eigenvalue weighted by Crippen LogP contribution is 2.30. The molecule has 0 radical (unpaired) electrons. The molecule has 2 heterocycles.